The molecule has 0 saturated heterocycles. The summed E-state index contributed by atoms with van der Waals surface area (Å²) in [5.41, 5.74) is 1.69. The third-order valence-corrected chi connectivity index (χ3v) is 4.11. The maximum Gasteiger partial charge on any atom is 0.321 e. The molecule has 0 atom stereocenters. The molecule has 2 aromatic heterocycles. The predicted octanol–water partition coefficient (Wildman–Crippen LogP) is 1.34. The van der Waals surface area contributed by atoms with Crippen LogP contribution in [0.5, 0.6) is 0 Å². The maximum atomic E-state index is 11.8. The lowest BCUT2D eigenvalue weighted by atomic mass is 10.1. The molecule has 1 aromatic carbocycles. The minimum atomic E-state index is -0.536. The normalized spacial score (nSPS) is 10.5. The molecular weight excluding hydrogens is 328 g/mol. The second-order valence-corrected chi connectivity index (χ2v) is 5.73. The van der Waals surface area contributed by atoms with Crippen molar-refractivity contribution in [2.45, 2.75) is 5.03 Å². The Kier molecular flexibility index (Phi) is 4.71. The third kappa shape index (κ3) is 3.51. The number of imide groups is 1. The summed E-state index contributed by atoms with van der Waals surface area (Å²) < 4.78 is 1.56. The average Bonchev–Trinajstić information content (AvgIpc) is 3.09. The van der Waals surface area contributed by atoms with E-state index in [-0.39, 0.29) is 5.75 Å². The van der Waals surface area contributed by atoms with Crippen LogP contribution in [0.1, 0.15) is 0 Å². The predicted molar refractivity (Wildman–Crippen MR) is 89.5 cm³/mol. The molecule has 0 bridgehead atoms. The van der Waals surface area contributed by atoms with Crippen LogP contribution >= 0.6 is 11.8 Å². The first kappa shape index (κ1) is 15.9. The van der Waals surface area contributed by atoms with Crippen LogP contribution in [0, 0.1) is 0 Å². The Morgan fingerprint density at radius 3 is 2.79 bits per heavy atom. The first-order chi connectivity index (χ1) is 11.7. The van der Waals surface area contributed by atoms with Crippen LogP contribution in [-0.2, 0) is 4.79 Å². The van der Waals surface area contributed by atoms with Crippen LogP contribution < -0.4 is 10.6 Å². The van der Waals surface area contributed by atoms with Gasteiger partial charge in [0.1, 0.15) is 11.4 Å². The van der Waals surface area contributed by atoms with Gasteiger partial charge >= 0.3 is 6.03 Å². The van der Waals surface area contributed by atoms with Crippen molar-refractivity contribution in [2.75, 3.05) is 12.8 Å². The highest BCUT2D eigenvalue weighted by atomic mass is 32.2. The Balaban J connectivity index is 1.85. The topological polar surface area (TPSA) is 101 Å². The van der Waals surface area contributed by atoms with Crippen LogP contribution in [0.2, 0.25) is 0 Å². The minimum Gasteiger partial charge on any atom is -0.341 e. The third-order valence-electron chi connectivity index (χ3n) is 3.12. The van der Waals surface area contributed by atoms with Crippen molar-refractivity contribution in [3.63, 3.8) is 0 Å². The summed E-state index contributed by atoms with van der Waals surface area (Å²) in [7, 11) is 1.45. The minimum absolute atomic E-state index is 0.0701. The first-order valence-corrected chi connectivity index (χ1v) is 8.06. The van der Waals surface area contributed by atoms with Crippen LogP contribution in [0.3, 0.4) is 0 Å². The molecule has 0 fully saturated rings. The summed E-state index contributed by atoms with van der Waals surface area (Å²) in [5, 5.41) is 9.38. The van der Waals surface area contributed by atoms with Crippen LogP contribution in [0.25, 0.3) is 17.0 Å². The first-order valence-electron chi connectivity index (χ1n) is 7.08. The number of amides is 3. The molecule has 122 valence electrons. The Hall–Kier alpha value is -2.94. The fraction of sp³-hybridized carbons (Fsp3) is 0.133. The molecule has 3 aromatic rings. The van der Waals surface area contributed by atoms with Gasteiger partial charge in [0, 0.05) is 12.6 Å². The molecule has 0 aliphatic rings. The Morgan fingerprint density at radius 1 is 1.25 bits per heavy atom. The summed E-state index contributed by atoms with van der Waals surface area (Å²) in [6.07, 6.45) is 1.41. The summed E-state index contributed by atoms with van der Waals surface area (Å²) in [6.45, 7) is 0. The molecule has 8 nitrogen and oxygen atoms in total. The number of hydrogen-bond donors (Lipinski definition) is 2. The SMILES string of the molecule is CNC(=O)NC(=O)CSc1cc(-c2ccccc2)nc2ncnn12. The smallest absolute Gasteiger partial charge is 0.321 e. The van der Waals surface area contributed by atoms with E-state index in [1.54, 1.807) is 4.52 Å². The number of urea groups is 1. The van der Waals surface area contributed by atoms with E-state index in [9.17, 15) is 9.59 Å². The standard InChI is InChI=1S/C15H14N6O2S/c1-16-15(23)20-12(22)8-24-13-7-11(10-5-3-2-4-6-10)19-14-17-9-18-21(13)14/h2-7,9H,8H2,1H3,(H2,16,20,22,23). The second kappa shape index (κ2) is 7.09. The van der Waals surface area contributed by atoms with E-state index >= 15 is 0 Å². The van der Waals surface area contributed by atoms with E-state index < -0.39 is 11.9 Å². The monoisotopic (exact) mass is 342 g/mol. The van der Waals surface area contributed by atoms with Gasteiger partial charge in [-0.05, 0) is 6.07 Å². The van der Waals surface area contributed by atoms with Crippen molar-refractivity contribution in [2.24, 2.45) is 0 Å². The highest BCUT2D eigenvalue weighted by molar-refractivity contribution is 7.99. The zero-order chi connectivity index (χ0) is 16.9. The molecule has 2 heterocycles. The molecule has 0 radical (unpaired) electrons. The van der Waals surface area contributed by atoms with Crippen LogP contribution in [0.15, 0.2) is 47.8 Å². The van der Waals surface area contributed by atoms with E-state index in [4.69, 9.17) is 0 Å². The van der Waals surface area contributed by atoms with Gasteiger partial charge < -0.3 is 5.32 Å². The van der Waals surface area contributed by atoms with Gasteiger partial charge in [-0.1, -0.05) is 42.1 Å². The molecule has 0 unspecified atom stereocenters. The van der Waals surface area contributed by atoms with Crippen molar-refractivity contribution < 1.29 is 9.59 Å². The van der Waals surface area contributed by atoms with Gasteiger partial charge in [-0.2, -0.15) is 14.6 Å². The number of hydrogen-bond acceptors (Lipinski definition) is 6. The van der Waals surface area contributed by atoms with Gasteiger partial charge in [0.2, 0.25) is 5.91 Å². The number of nitrogens with one attached hydrogen (secondary N) is 2. The van der Waals surface area contributed by atoms with Crippen LogP contribution in [0.4, 0.5) is 4.79 Å². The molecule has 3 rings (SSSR count). The number of rotatable bonds is 4. The molecule has 0 aliphatic heterocycles. The number of benzene rings is 1. The van der Waals surface area contributed by atoms with E-state index in [0.717, 1.165) is 11.3 Å². The summed E-state index contributed by atoms with van der Waals surface area (Å²) in [6, 6.07) is 11.0. The van der Waals surface area contributed by atoms with Crippen LogP contribution in [-0.4, -0.2) is 44.3 Å². The number of aromatic nitrogens is 4. The van der Waals surface area contributed by atoms with Gasteiger partial charge in [-0.25, -0.2) is 9.78 Å². The zero-order valence-electron chi connectivity index (χ0n) is 12.8. The summed E-state index contributed by atoms with van der Waals surface area (Å²) in [4.78, 5) is 31.5. The lowest BCUT2D eigenvalue weighted by molar-refractivity contribution is -0.117. The molecule has 24 heavy (non-hydrogen) atoms. The number of nitrogens with zero attached hydrogens (tertiary/aromatic N) is 4. The van der Waals surface area contributed by atoms with E-state index in [0.29, 0.717) is 10.8 Å². The van der Waals surface area contributed by atoms with Gasteiger partial charge in [-0.15, -0.1) is 0 Å². The average molecular weight is 342 g/mol. The Bertz CT molecular complexity index is 880. The highest BCUT2D eigenvalue weighted by Crippen LogP contribution is 2.24. The lowest BCUT2D eigenvalue weighted by Crippen LogP contribution is -2.38. The number of carbonyl (C=O) groups is 2. The van der Waals surface area contributed by atoms with E-state index in [2.05, 4.69) is 25.7 Å². The molecule has 0 aliphatic carbocycles. The fourth-order valence-electron chi connectivity index (χ4n) is 2.01. The Labute approximate surface area is 141 Å². The summed E-state index contributed by atoms with van der Waals surface area (Å²) in [5.74, 6) is 0.122. The molecule has 2 N–H and O–H groups in total. The highest BCUT2D eigenvalue weighted by Gasteiger charge is 2.12. The molecule has 9 heteroatoms. The number of fused-ring (bicyclic) bond motifs is 1. The van der Waals surface area contributed by atoms with Crippen molar-refractivity contribution in [1.82, 2.24) is 30.2 Å². The molecule has 3 amide bonds. The van der Waals surface area contributed by atoms with Crippen molar-refractivity contribution in [1.29, 1.82) is 0 Å². The fourth-order valence-corrected chi connectivity index (χ4v) is 2.81. The van der Waals surface area contributed by atoms with E-state index in [1.807, 2.05) is 36.4 Å². The molecule has 0 saturated carbocycles. The number of carbonyl (C=O) groups excluding carboxylic acids is 2. The summed E-state index contributed by atoms with van der Waals surface area (Å²) >= 11 is 1.25. The largest absolute Gasteiger partial charge is 0.341 e. The quantitative estimate of drug-likeness (QED) is 0.548. The second-order valence-electron chi connectivity index (χ2n) is 4.73. The van der Waals surface area contributed by atoms with Crippen molar-refractivity contribution >= 4 is 29.5 Å². The van der Waals surface area contributed by atoms with Gasteiger partial charge in [-0.3, -0.25) is 10.1 Å². The maximum absolute atomic E-state index is 11.8. The van der Waals surface area contributed by atoms with E-state index in [1.165, 1.54) is 25.1 Å². The molecular formula is C15H14N6O2S. The number of thioether (sulfide) groups is 1. The van der Waals surface area contributed by atoms with Gasteiger partial charge in [0.05, 0.1) is 11.4 Å². The lowest BCUT2D eigenvalue weighted by Gasteiger charge is -2.07. The van der Waals surface area contributed by atoms with Gasteiger partial charge in [0.25, 0.3) is 5.78 Å². The van der Waals surface area contributed by atoms with Crippen molar-refractivity contribution in [3.05, 3.63) is 42.7 Å². The molecule has 0 spiro atoms. The van der Waals surface area contributed by atoms with Gasteiger partial charge in [0.15, 0.2) is 0 Å². The Morgan fingerprint density at radius 2 is 2.04 bits per heavy atom. The zero-order valence-corrected chi connectivity index (χ0v) is 13.6. The van der Waals surface area contributed by atoms with Crippen molar-refractivity contribution in [3.8, 4) is 11.3 Å².